The van der Waals surface area contributed by atoms with Gasteiger partial charge < -0.3 is 5.11 Å². The molecule has 0 bridgehead atoms. The molecule has 0 saturated heterocycles. The van der Waals surface area contributed by atoms with Crippen LogP contribution < -0.4 is 9.86 Å². The molecule has 0 saturated carbocycles. The number of carboxylic acids is 1. The summed E-state index contributed by atoms with van der Waals surface area (Å²) in [6.07, 6.45) is 0. The number of benzene rings is 1. The molecule has 1 aromatic carbocycles. The number of nitrogens with one attached hydrogen (secondary N) is 1. The van der Waals surface area contributed by atoms with Gasteiger partial charge in [-0.25, -0.2) is 31.5 Å². The van der Waals surface area contributed by atoms with Crippen LogP contribution in [-0.2, 0) is 20.0 Å². The van der Waals surface area contributed by atoms with Gasteiger partial charge in [0.05, 0.1) is 16.2 Å². The van der Waals surface area contributed by atoms with Gasteiger partial charge in [-0.2, -0.15) is 0 Å². The highest BCUT2D eigenvalue weighted by molar-refractivity contribution is 9.10. The van der Waals surface area contributed by atoms with Crippen LogP contribution in [0.25, 0.3) is 0 Å². The number of hydrogen-bond donors (Lipinski definition) is 3. The molecular weight excluding hydrogens is 376 g/mol. The van der Waals surface area contributed by atoms with Crippen molar-refractivity contribution in [1.29, 1.82) is 0 Å². The van der Waals surface area contributed by atoms with Gasteiger partial charge in [0.1, 0.15) is 0 Å². The number of primary sulfonamides is 1. The van der Waals surface area contributed by atoms with Crippen molar-refractivity contribution in [2.75, 3.05) is 12.3 Å². The maximum Gasteiger partial charge on any atom is 0.336 e. The van der Waals surface area contributed by atoms with E-state index in [9.17, 15) is 21.6 Å². The van der Waals surface area contributed by atoms with Gasteiger partial charge in [0, 0.05) is 11.0 Å². The van der Waals surface area contributed by atoms with Crippen molar-refractivity contribution in [3.05, 3.63) is 28.2 Å². The SMILES string of the molecule is NS(=O)(=O)CCNS(=O)(=O)c1ccc(Br)c(C(=O)O)c1. The minimum Gasteiger partial charge on any atom is -0.478 e. The van der Waals surface area contributed by atoms with E-state index in [-0.39, 0.29) is 14.9 Å². The van der Waals surface area contributed by atoms with Crippen LogP contribution in [0.3, 0.4) is 0 Å². The van der Waals surface area contributed by atoms with Crippen molar-refractivity contribution in [2.45, 2.75) is 4.90 Å². The monoisotopic (exact) mass is 386 g/mol. The molecule has 0 aliphatic rings. The second kappa shape index (κ2) is 6.18. The standard InChI is InChI=1S/C9H11BrN2O6S2/c10-8-2-1-6(5-7(8)9(13)14)20(17,18)12-3-4-19(11,15)16/h1-2,5,12H,3-4H2,(H,13,14)(H2,11,15,16). The third-order valence-corrected chi connectivity index (χ3v) is 5.08. The summed E-state index contributed by atoms with van der Waals surface area (Å²) in [6, 6.07) is 3.43. The van der Waals surface area contributed by atoms with Gasteiger partial charge >= 0.3 is 5.97 Å². The first-order chi connectivity index (χ1) is 9.03. The summed E-state index contributed by atoms with van der Waals surface area (Å²) in [4.78, 5) is 10.6. The van der Waals surface area contributed by atoms with Gasteiger partial charge in [-0.1, -0.05) is 0 Å². The third-order valence-electron chi connectivity index (χ3n) is 2.16. The Labute approximate surface area is 124 Å². The number of nitrogens with two attached hydrogens (primary N) is 1. The van der Waals surface area contributed by atoms with Crippen LogP contribution in [0.5, 0.6) is 0 Å². The van der Waals surface area contributed by atoms with E-state index < -0.39 is 38.3 Å². The predicted molar refractivity (Wildman–Crippen MR) is 74.3 cm³/mol. The van der Waals surface area contributed by atoms with Gasteiger partial charge in [0.15, 0.2) is 0 Å². The Morgan fingerprint density at radius 1 is 1.30 bits per heavy atom. The Balaban J connectivity index is 2.99. The van der Waals surface area contributed by atoms with Gasteiger partial charge in [0.2, 0.25) is 20.0 Å². The van der Waals surface area contributed by atoms with Crippen molar-refractivity contribution in [3.8, 4) is 0 Å². The minimum atomic E-state index is -4.01. The summed E-state index contributed by atoms with van der Waals surface area (Å²) in [6.45, 7) is -0.403. The normalized spacial score (nSPS) is 12.3. The molecule has 0 heterocycles. The lowest BCUT2D eigenvalue weighted by atomic mass is 10.2. The van der Waals surface area contributed by atoms with Crippen LogP contribution in [0.2, 0.25) is 0 Å². The molecule has 0 amide bonds. The molecule has 1 aromatic rings. The maximum absolute atomic E-state index is 11.8. The first kappa shape index (κ1) is 17.0. The number of hydrogen-bond acceptors (Lipinski definition) is 5. The molecule has 0 fully saturated rings. The molecule has 11 heteroatoms. The fourth-order valence-electron chi connectivity index (χ4n) is 1.24. The molecule has 20 heavy (non-hydrogen) atoms. The van der Waals surface area contributed by atoms with E-state index in [2.05, 4.69) is 15.9 Å². The predicted octanol–water partition coefficient (Wildman–Crippen LogP) is -0.286. The van der Waals surface area contributed by atoms with Crippen LogP contribution in [0.4, 0.5) is 0 Å². The molecule has 0 spiro atoms. The number of carbonyl (C=O) groups is 1. The molecule has 0 atom stereocenters. The van der Waals surface area contributed by atoms with E-state index >= 15 is 0 Å². The highest BCUT2D eigenvalue weighted by Crippen LogP contribution is 2.20. The number of aromatic carboxylic acids is 1. The molecule has 0 unspecified atom stereocenters. The van der Waals surface area contributed by atoms with Crippen LogP contribution in [0, 0.1) is 0 Å². The van der Waals surface area contributed by atoms with E-state index in [0.29, 0.717) is 0 Å². The van der Waals surface area contributed by atoms with Gasteiger partial charge in [-0.15, -0.1) is 0 Å². The summed E-state index contributed by atoms with van der Waals surface area (Å²) >= 11 is 2.98. The number of halogens is 1. The van der Waals surface area contributed by atoms with Crippen molar-refractivity contribution in [1.82, 2.24) is 4.72 Å². The average molecular weight is 387 g/mol. The van der Waals surface area contributed by atoms with Crippen LogP contribution in [0.1, 0.15) is 10.4 Å². The Bertz CT molecular complexity index is 729. The molecule has 1 rings (SSSR count). The van der Waals surface area contributed by atoms with E-state index in [1.807, 2.05) is 4.72 Å². The summed E-state index contributed by atoms with van der Waals surface area (Å²) in [5.74, 6) is -1.85. The zero-order valence-corrected chi connectivity index (χ0v) is 13.1. The molecule has 0 aliphatic heterocycles. The van der Waals surface area contributed by atoms with Gasteiger partial charge in [0.25, 0.3) is 0 Å². The van der Waals surface area contributed by atoms with E-state index in [0.717, 1.165) is 6.07 Å². The fourth-order valence-corrected chi connectivity index (χ4v) is 3.23. The summed E-state index contributed by atoms with van der Waals surface area (Å²) in [5.41, 5.74) is -0.223. The highest BCUT2D eigenvalue weighted by Gasteiger charge is 2.18. The number of rotatable bonds is 6. The highest BCUT2D eigenvalue weighted by atomic mass is 79.9. The minimum absolute atomic E-state index is 0.223. The van der Waals surface area contributed by atoms with Crippen molar-refractivity contribution >= 4 is 41.9 Å². The molecule has 0 aliphatic carbocycles. The lowest BCUT2D eigenvalue weighted by Crippen LogP contribution is -2.31. The van der Waals surface area contributed by atoms with E-state index in [4.69, 9.17) is 10.2 Å². The quantitative estimate of drug-likeness (QED) is 0.612. The molecule has 0 aromatic heterocycles. The zero-order valence-electron chi connectivity index (χ0n) is 9.91. The summed E-state index contributed by atoms with van der Waals surface area (Å²) in [7, 11) is -7.80. The average Bonchev–Trinajstić information content (AvgIpc) is 2.26. The number of carboxylic acid groups (broad SMARTS) is 1. The molecule has 8 nitrogen and oxygen atoms in total. The lowest BCUT2D eigenvalue weighted by molar-refractivity contribution is 0.0695. The second-order valence-electron chi connectivity index (χ2n) is 3.71. The smallest absolute Gasteiger partial charge is 0.336 e. The van der Waals surface area contributed by atoms with Crippen molar-refractivity contribution in [2.24, 2.45) is 5.14 Å². The van der Waals surface area contributed by atoms with Crippen molar-refractivity contribution in [3.63, 3.8) is 0 Å². The maximum atomic E-state index is 11.8. The zero-order chi connectivity index (χ0) is 15.6. The lowest BCUT2D eigenvalue weighted by Gasteiger charge is -2.07. The van der Waals surface area contributed by atoms with Gasteiger partial charge in [-0.3, -0.25) is 0 Å². The third kappa shape index (κ3) is 4.83. The van der Waals surface area contributed by atoms with E-state index in [1.54, 1.807) is 0 Å². The molecule has 112 valence electrons. The first-order valence-electron chi connectivity index (χ1n) is 5.06. The molecule has 4 N–H and O–H groups in total. The largest absolute Gasteiger partial charge is 0.478 e. The van der Waals surface area contributed by atoms with Gasteiger partial charge in [-0.05, 0) is 34.1 Å². The Morgan fingerprint density at radius 3 is 2.40 bits per heavy atom. The second-order valence-corrected chi connectivity index (χ2v) is 8.07. The number of sulfonamides is 2. The Kier molecular flexibility index (Phi) is 5.27. The topological polar surface area (TPSA) is 144 Å². The Hall–Kier alpha value is -1.01. The fraction of sp³-hybridized carbons (Fsp3) is 0.222. The first-order valence-corrected chi connectivity index (χ1v) is 9.05. The molecule has 0 radical (unpaired) electrons. The van der Waals surface area contributed by atoms with Crippen molar-refractivity contribution < 1.29 is 26.7 Å². The summed E-state index contributed by atoms with van der Waals surface area (Å²) in [5, 5.41) is 13.6. The van der Waals surface area contributed by atoms with Crippen LogP contribution >= 0.6 is 15.9 Å². The Morgan fingerprint density at radius 2 is 1.90 bits per heavy atom. The summed E-state index contributed by atoms with van der Waals surface area (Å²) < 4.78 is 47.4. The molecular formula is C9H11BrN2O6S2. The van der Waals surface area contributed by atoms with Crippen LogP contribution in [0.15, 0.2) is 27.6 Å². The van der Waals surface area contributed by atoms with E-state index in [1.165, 1.54) is 12.1 Å². The van der Waals surface area contributed by atoms with Crippen LogP contribution in [-0.4, -0.2) is 40.2 Å².